The molecule has 0 aromatic carbocycles. The van der Waals surface area contributed by atoms with E-state index >= 15 is 0 Å². The van der Waals surface area contributed by atoms with Gasteiger partial charge in [0.15, 0.2) is 0 Å². The zero-order valence-electron chi connectivity index (χ0n) is 12.4. The van der Waals surface area contributed by atoms with Crippen molar-refractivity contribution in [2.24, 2.45) is 5.41 Å². The van der Waals surface area contributed by atoms with Crippen molar-refractivity contribution in [1.29, 1.82) is 0 Å². The van der Waals surface area contributed by atoms with E-state index in [0.717, 1.165) is 6.04 Å². The van der Waals surface area contributed by atoms with Crippen molar-refractivity contribution in [2.75, 3.05) is 26.2 Å². The molecule has 2 heteroatoms. The molecule has 1 N–H and O–H groups in total. The number of nitrogens with zero attached hydrogens (tertiary/aromatic N) is 1. The van der Waals surface area contributed by atoms with Gasteiger partial charge in [-0.15, -0.1) is 0 Å². The molecule has 2 fully saturated rings. The highest BCUT2D eigenvalue weighted by Crippen LogP contribution is 2.35. The Morgan fingerprint density at radius 3 is 2.35 bits per heavy atom. The van der Waals surface area contributed by atoms with Gasteiger partial charge in [-0.2, -0.15) is 0 Å². The highest BCUT2D eigenvalue weighted by molar-refractivity contribution is 4.90. The molecule has 0 radical (unpaired) electrons. The van der Waals surface area contributed by atoms with Crippen molar-refractivity contribution in [3.8, 4) is 0 Å². The number of nitrogens with one attached hydrogen (secondary N) is 1. The number of piperidine rings is 1. The first-order chi connectivity index (χ1) is 8.22. The maximum absolute atomic E-state index is 3.61. The van der Waals surface area contributed by atoms with Gasteiger partial charge in [-0.3, -0.25) is 0 Å². The molecule has 2 heterocycles. The van der Waals surface area contributed by atoms with Crippen LogP contribution >= 0.6 is 0 Å². The third kappa shape index (κ3) is 4.26. The summed E-state index contributed by atoms with van der Waals surface area (Å²) < 4.78 is 0. The van der Waals surface area contributed by atoms with Gasteiger partial charge in [0.05, 0.1) is 0 Å². The summed E-state index contributed by atoms with van der Waals surface area (Å²) in [5.41, 5.74) is 0.610. The SMILES string of the molecule is CC.CC(C)N1CCCCC2(CCCNC2)C1. The van der Waals surface area contributed by atoms with Crippen molar-refractivity contribution in [1.82, 2.24) is 10.2 Å². The van der Waals surface area contributed by atoms with Gasteiger partial charge in [-0.05, 0) is 58.0 Å². The van der Waals surface area contributed by atoms with Gasteiger partial charge in [0.25, 0.3) is 0 Å². The van der Waals surface area contributed by atoms with Crippen LogP contribution in [-0.4, -0.2) is 37.1 Å². The molecule has 2 saturated heterocycles. The van der Waals surface area contributed by atoms with Crippen LogP contribution in [0.25, 0.3) is 0 Å². The molecule has 2 nitrogen and oxygen atoms in total. The van der Waals surface area contributed by atoms with E-state index in [1.54, 1.807) is 0 Å². The topological polar surface area (TPSA) is 15.3 Å². The fourth-order valence-corrected chi connectivity index (χ4v) is 3.22. The lowest BCUT2D eigenvalue weighted by molar-refractivity contribution is 0.107. The van der Waals surface area contributed by atoms with Gasteiger partial charge in [0.2, 0.25) is 0 Å². The summed E-state index contributed by atoms with van der Waals surface area (Å²) in [7, 11) is 0. The summed E-state index contributed by atoms with van der Waals surface area (Å²) in [6.45, 7) is 13.8. The molecule has 0 saturated carbocycles. The van der Waals surface area contributed by atoms with Gasteiger partial charge >= 0.3 is 0 Å². The quantitative estimate of drug-likeness (QED) is 0.757. The van der Waals surface area contributed by atoms with E-state index in [9.17, 15) is 0 Å². The molecule has 0 amide bonds. The van der Waals surface area contributed by atoms with E-state index in [1.165, 1.54) is 58.3 Å². The number of rotatable bonds is 1. The van der Waals surface area contributed by atoms with Crippen LogP contribution in [0.2, 0.25) is 0 Å². The van der Waals surface area contributed by atoms with Crippen LogP contribution in [0.5, 0.6) is 0 Å². The molecular formula is C15H32N2. The third-order valence-electron chi connectivity index (χ3n) is 4.23. The van der Waals surface area contributed by atoms with Gasteiger partial charge in [0, 0.05) is 19.1 Å². The summed E-state index contributed by atoms with van der Waals surface area (Å²) in [5, 5.41) is 3.61. The minimum Gasteiger partial charge on any atom is -0.316 e. The summed E-state index contributed by atoms with van der Waals surface area (Å²) in [6.07, 6.45) is 7.11. The van der Waals surface area contributed by atoms with Crippen LogP contribution in [0.3, 0.4) is 0 Å². The largest absolute Gasteiger partial charge is 0.316 e. The van der Waals surface area contributed by atoms with Crippen LogP contribution in [0.1, 0.15) is 59.8 Å². The Morgan fingerprint density at radius 1 is 1.06 bits per heavy atom. The molecule has 2 rings (SSSR count). The summed E-state index contributed by atoms with van der Waals surface area (Å²) in [5.74, 6) is 0. The molecule has 1 atom stereocenters. The normalized spacial score (nSPS) is 30.9. The zero-order chi connectivity index (χ0) is 12.7. The van der Waals surface area contributed by atoms with E-state index in [4.69, 9.17) is 0 Å². The molecule has 2 aliphatic rings. The van der Waals surface area contributed by atoms with Gasteiger partial charge in [0.1, 0.15) is 0 Å². The third-order valence-corrected chi connectivity index (χ3v) is 4.23. The zero-order valence-corrected chi connectivity index (χ0v) is 12.4. The van der Waals surface area contributed by atoms with Gasteiger partial charge in [-0.25, -0.2) is 0 Å². The van der Waals surface area contributed by atoms with E-state index in [0.29, 0.717) is 5.41 Å². The molecular weight excluding hydrogens is 208 g/mol. The van der Waals surface area contributed by atoms with Gasteiger partial charge < -0.3 is 10.2 Å². The van der Waals surface area contributed by atoms with Crippen LogP contribution in [0, 0.1) is 5.41 Å². The Morgan fingerprint density at radius 2 is 1.76 bits per heavy atom. The van der Waals surface area contributed by atoms with E-state index < -0.39 is 0 Å². The maximum atomic E-state index is 3.61. The number of likely N-dealkylation sites (tertiary alicyclic amines) is 1. The summed E-state index contributed by atoms with van der Waals surface area (Å²) >= 11 is 0. The Balaban J connectivity index is 0.000000686. The molecule has 17 heavy (non-hydrogen) atoms. The minimum absolute atomic E-state index is 0.610. The second-order valence-corrected chi connectivity index (χ2v) is 5.80. The predicted octanol–water partition coefficient (Wildman–Crippen LogP) is 3.28. The highest BCUT2D eigenvalue weighted by Gasteiger charge is 2.35. The van der Waals surface area contributed by atoms with Crippen LogP contribution in [-0.2, 0) is 0 Å². The Labute approximate surface area is 108 Å². The van der Waals surface area contributed by atoms with Gasteiger partial charge in [-0.1, -0.05) is 20.3 Å². The van der Waals surface area contributed by atoms with Crippen LogP contribution in [0.15, 0.2) is 0 Å². The standard InChI is InChI=1S/C13H26N2.C2H6/c1-12(2)15-9-4-3-6-13(11-15)7-5-8-14-10-13;1-2/h12,14H,3-11H2,1-2H3;1-2H3. The number of hydrogen-bond acceptors (Lipinski definition) is 2. The fourth-order valence-electron chi connectivity index (χ4n) is 3.22. The number of hydrogen-bond donors (Lipinski definition) is 1. The monoisotopic (exact) mass is 240 g/mol. The molecule has 0 aliphatic carbocycles. The Hall–Kier alpha value is -0.0800. The van der Waals surface area contributed by atoms with E-state index in [-0.39, 0.29) is 0 Å². The maximum Gasteiger partial charge on any atom is 0.00529 e. The fraction of sp³-hybridized carbons (Fsp3) is 1.00. The lowest BCUT2D eigenvalue weighted by Gasteiger charge is -2.41. The average Bonchev–Trinajstić information content (AvgIpc) is 2.56. The highest BCUT2D eigenvalue weighted by atomic mass is 15.2. The molecule has 1 unspecified atom stereocenters. The Bertz CT molecular complexity index is 195. The second-order valence-electron chi connectivity index (χ2n) is 5.80. The smallest absolute Gasteiger partial charge is 0.00529 e. The first-order valence-corrected chi connectivity index (χ1v) is 7.67. The minimum atomic E-state index is 0.610. The second kappa shape index (κ2) is 7.38. The molecule has 102 valence electrons. The summed E-state index contributed by atoms with van der Waals surface area (Å²) in [6, 6.07) is 0.724. The molecule has 0 bridgehead atoms. The van der Waals surface area contributed by atoms with Crippen LogP contribution in [0.4, 0.5) is 0 Å². The van der Waals surface area contributed by atoms with E-state index in [2.05, 4.69) is 24.1 Å². The molecule has 1 spiro atoms. The predicted molar refractivity (Wildman–Crippen MR) is 76.4 cm³/mol. The van der Waals surface area contributed by atoms with Crippen LogP contribution < -0.4 is 5.32 Å². The first-order valence-electron chi connectivity index (χ1n) is 7.67. The van der Waals surface area contributed by atoms with Crippen molar-refractivity contribution in [3.05, 3.63) is 0 Å². The van der Waals surface area contributed by atoms with Crippen molar-refractivity contribution < 1.29 is 0 Å². The molecule has 0 aromatic rings. The average molecular weight is 240 g/mol. The van der Waals surface area contributed by atoms with Crippen molar-refractivity contribution >= 4 is 0 Å². The first kappa shape index (κ1) is 15.0. The summed E-state index contributed by atoms with van der Waals surface area (Å²) in [4.78, 5) is 2.69. The lowest BCUT2D eigenvalue weighted by atomic mass is 9.77. The van der Waals surface area contributed by atoms with Crippen molar-refractivity contribution in [2.45, 2.75) is 65.8 Å². The molecule has 0 aromatic heterocycles. The Kier molecular flexibility index (Phi) is 6.50. The molecule has 2 aliphatic heterocycles. The van der Waals surface area contributed by atoms with Crippen molar-refractivity contribution in [3.63, 3.8) is 0 Å². The lowest BCUT2D eigenvalue weighted by Crippen LogP contribution is -2.48. The van der Waals surface area contributed by atoms with E-state index in [1.807, 2.05) is 13.8 Å².